The molecular weight excluding hydrogens is 514 g/mol. The Morgan fingerprint density at radius 2 is 1.53 bits per heavy atom. The highest BCUT2D eigenvalue weighted by molar-refractivity contribution is 7.99. The van der Waals surface area contributed by atoms with Crippen LogP contribution in [0.25, 0.3) is 0 Å². The van der Waals surface area contributed by atoms with Crippen molar-refractivity contribution in [2.24, 2.45) is 7.05 Å². The van der Waals surface area contributed by atoms with Crippen molar-refractivity contribution in [3.8, 4) is 0 Å². The summed E-state index contributed by atoms with van der Waals surface area (Å²) in [6.45, 7) is 10.0. The number of unbranched alkanes of at least 4 members (excludes halogenated alkanes) is 1. The van der Waals surface area contributed by atoms with E-state index >= 15 is 0 Å². The maximum atomic E-state index is 11.3. The first-order chi connectivity index (χ1) is 18.2. The van der Waals surface area contributed by atoms with Gasteiger partial charge >= 0.3 is 0 Å². The van der Waals surface area contributed by atoms with E-state index in [1.165, 1.54) is 22.1 Å². The Hall–Kier alpha value is -2.08. The van der Waals surface area contributed by atoms with E-state index in [9.17, 15) is 10.2 Å². The summed E-state index contributed by atoms with van der Waals surface area (Å²) in [6.07, 6.45) is 0.210. The van der Waals surface area contributed by atoms with Gasteiger partial charge in [0.15, 0.2) is 0 Å². The third kappa shape index (κ3) is 5.75. The highest BCUT2D eigenvalue weighted by atomic mass is 32.2. The normalized spacial score (nSPS) is 22.7. The molecule has 3 aromatic rings. The largest absolute Gasteiger partial charge is 0.406 e. The number of rotatable bonds is 11. The first-order valence-electron chi connectivity index (χ1n) is 13.4. The fourth-order valence-electron chi connectivity index (χ4n) is 5.63. The van der Waals surface area contributed by atoms with Crippen LogP contribution in [0.2, 0.25) is 5.04 Å². The lowest BCUT2D eigenvalue weighted by molar-refractivity contribution is 0.0208. The lowest BCUT2D eigenvalue weighted by Gasteiger charge is -2.44. The Bertz CT molecular complexity index is 1100. The number of aliphatic hydroxyl groups is 2. The molecule has 1 fully saturated rings. The van der Waals surface area contributed by atoms with E-state index < -0.39 is 20.5 Å². The number of aromatic nitrogens is 4. The second kappa shape index (κ2) is 12.4. The molecule has 1 saturated heterocycles. The molecule has 4 atom stereocenters. The molecule has 1 aromatic heterocycles. The average molecular weight is 556 g/mol. The minimum atomic E-state index is -2.78. The Morgan fingerprint density at radius 3 is 2.03 bits per heavy atom. The van der Waals surface area contributed by atoms with E-state index in [2.05, 4.69) is 96.7 Å². The smallest absolute Gasteiger partial charge is 0.261 e. The van der Waals surface area contributed by atoms with Crippen molar-refractivity contribution in [3.63, 3.8) is 0 Å². The Balaban J connectivity index is 1.66. The molecule has 206 valence electrons. The monoisotopic (exact) mass is 555 g/mol. The summed E-state index contributed by atoms with van der Waals surface area (Å²) in [5, 5.41) is 37.2. The van der Waals surface area contributed by atoms with Crippen LogP contribution in [0, 0.1) is 0 Å². The second-order valence-electron chi connectivity index (χ2n) is 11.1. The molecule has 0 amide bonds. The number of hydrogen-bond donors (Lipinski definition) is 2. The molecule has 8 nitrogen and oxygen atoms in total. The molecule has 1 aliphatic heterocycles. The first kappa shape index (κ1) is 28.9. The van der Waals surface area contributed by atoms with Gasteiger partial charge in [-0.25, -0.2) is 4.68 Å². The standard InChI is InChI=1S/C28H41N5O3SSi/c1-6-7-18-33-23(25(34)26(35)24(33)20-37-27-29-30-31-32(27)5)19-36-38(28(2,3)4,21-14-10-8-11-15-21)22-16-12-9-13-17-22/h8-17,23-26,34-35H,6-7,18-20H2,1-5H3/t23-,24-,25-,26-/m1/s1. The number of nitrogens with zero attached hydrogens (tertiary/aromatic N) is 5. The van der Waals surface area contributed by atoms with Gasteiger partial charge in [-0.05, 0) is 38.8 Å². The molecule has 2 heterocycles. The quantitative estimate of drug-likeness (QED) is 0.275. The van der Waals surface area contributed by atoms with Crippen LogP contribution in [-0.2, 0) is 11.5 Å². The molecule has 0 bridgehead atoms. The fourth-order valence-corrected chi connectivity index (χ4v) is 11.2. The van der Waals surface area contributed by atoms with Gasteiger partial charge in [0.1, 0.15) is 0 Å². The summed E-state index contributed by atoms with van der Waals surface area (Å²) < 4.78 is 8.81. The van der Waals surface area contributed by atoms with Crippen LogP contribution in [0.15, 0.2) is 65.8 Å². The zero-order valence-corrected chi connectivity index (χ0v) is 24.9. The zero-order chi connectivity index (χ0) is 27.3. The molecule has 0 spiro atoms. The number of benzene rings is 2. The van der Waals surface area contributed by atoms with Crippen molar-refractivity contribution in [2.75, 3.05) is 18.9 Å². The topological polar surface area (TPSA) is 96.5 Å². The van der Waals surface area contributed by atoms with E-state index in [-0.39, 0.29) is 17.1 Å². The van der Waals surface area contributed by atoms with Gasteiger partial charge in [-0.15, -0.1) is 5.10 Å². The summed E-state index contributed by atoms with van der Waals surface area (Å²) in [7, 11) is -0.972. The van der Waals surface area contributed by atoms with Crippen LogP contribution in [-0.4, -0.2) is 86.8 Å². The van der Waals surface area contributed by atoms with Gasteiger partial charge < -0.3 is 14.6 Å². The first-order valence-corrected chi connectivity index (χ1v) is 16.3. The van der Waals surface area contributed by atoms with Gasteiger partial charge in [0.2, 0.25) is 5.16 Å². The van der Waals surface area contributed by atoms with Gasteiger partial charge in [0.25, 0.3) is 8.32 Å². The average Bonchev–Trinajstić information content (AvgIpc) is 3.42. The third-order valence-corrected chi connectivity index (χ3v) is 13.7. The highest BCUT2D eigenvalue weighted by Gasteiger charge is 2.53. The van der Waals surface area contributed by atoms with Gasteiger partial charge in [0, 0.05) is 18.8 Å². The van der Waals surface area contributed by atoms with Crippen LogP contribution in [0.4, 0.5) is 0 Å². The van der Waals surface area contributed by atoms with Crippen LogP contribution in [0.3, 0.4) is 0 Å². The van der Waals surface area contributed by atoms with Crippen molar-refractivity contribution < 1.29 is 14.6 Å². The Kier molecular flexibility index (Phi) is 9.43. The van der Waals surface area contributed by atoms with E-state index in [0.29, 0.717) is 17.5 Å². The van der Waals surface area contributed by atoms with Gasteiger partial charge in [-0.1, -0.05) is 107 Å². The molecule has 4 rings (SSSR count). The number of hydrogen-bond acceptors (Lipinski definition) is 8. The molecule has 2 N–H and O–H groups in total. The SMILES string of the molecule is CCCCN1[C@H](CO[Si](c2ccccc2)(c2ccccc2)C(C)(C)C)[C@@H](O)[C@H](O)[C@H]1CSc1nnnn1C. The number of aliphatic hydroxyl groups excluding tert-OH is 2. The molecule has 10 heteroatoms. The number of thioether (sulfide) groups is 1. The predicted octanol–water partition coefficient (Wildman–Crippen LogP) is 2.45. The molecule has 2 aromatic carbocycles. The molecule has 0 unspecified atom stereocenters. The van der Waals surface area contributed by atoms with E-state index in [4.69, 9.17) is 4.43 Å². The predicted molar refractivity (Wildman–Crippen MR) is 154 cm³/mol. The Labute approximate surface area is 231 Å². The highest BCUT2D eigenvalue weighted by Crippen LogP contribution is 2.38. The van der Waals surface area contributed by atoms with E-state index in [1.54, 1.807) is 11.7 Å². The minimum Gasteiger partial charge on any atom is -0.406 e. The maximum Gasteiger partial charge on any atom is 0.261 e. The van der Waals surface area contributed by atoms with Gasteiger partial charge in [0.05, 0.1) is 24.9 Å². The van der Waals surface area contributed by atoms with Crippen molar-refractivity contribution in [3.05, 3.63) is 60.7 Å². The maximum absolute atomic E-state index is 11.3. The van der Waals surface area contributed by atoms with Crippen molar-refractivity contribution in [1.29, 1.82) is 0 Å². The van der Waals surface area contributed by atoms with Crippen molar-refractivity contribution in [2.45, 2.75) is 75.0 Å². The molecule has 38 heavy (non-hydrogen) atoms. The van der Waals surface area contributed by atoms with Gasteiger partial charge in [-0.2, -0.15) is 0 Å². The van der Waals surface area contributed by atoms with Crippen LogP contribution in [0.5, 0.6) is 0 Å². The van der Waals surface area contributed by atoms with Crippen LogP contribution in [0.1, 0.15) is 40.5 Å². The van der Waals surface area contributed by atoms with Crippen LogP contribution < -0.4 is 10.4 Å². The molecule has 0 aliphatic carbocycles. The third-order valence-electron chi connectivity index (χ3n) is 7.61. The van der Waals surface area contributed by atoms with Crippen molar-refractivity contribution in [1.82, 2.24) is 25.1 Å². The number of aryl methyl sites for hydroxylation is 1. The minimum absolute atomic E-state index is 0.167. The number of tetrazole rings is 1. The molecular formula is C28H41N5O3SSi. The molecule has 0 radical (unpaired) electrons. The summed E-state index contributed by atoms with van der Waals surface area (Å²) in [6, 6.07) is 20.5. The summed E-state index contributed by atoms with van der Waals surface area (Å²) in [5.74, 6) is 0.575. The summed E-state index contributed by atoms with van der Waals surface area (Å²) in [5.41, 5.74) is 0. The van der Waals surface area contributed by atoms with E-state index in [0.717, 1.165) is 19.4 Å². The Morgan fingerprint density at radius 1 is 0.947 bits per heavy atom. The second-order valence-corrected chi connectivity index (χ2v) is 16.4. The molecule has 1 aliphatic rings. The fraction of sp³-hybridized carbons (Fsp3) is 0.536. The van der Waals surface area contributed by atoms with Crippen LogP contribution >= 0.6 is 11.8 Å². The lowest BCUT2D eigenvalue weighted by atomic mass is 10.1. The number of likely N-dealkylation sites (tertiary alicyclic amines) is 1. The van der Waals surface area contributed by atoms with Crippen molar-refractivity contribution >= 4 is 30.5 Å². The summed E-state index contributed by atoms with van der Waals surface area (Å²) in [4.78, 5) is 2.26. The molecule has 0 saturated carbocycles. The van der Waals surface area contributed by atoms with E-state index in [1.807, 2.05) is 12.1 Å². The van der Waals surface area contributed by atoms with Gasteiger partial charge in [-0.3, -0.25) is 4.90 Å². The lowest BCUT2D eigenvalue weighted by Crippen LogP contribution is -2.67. The summed E-state index contributed by atoms with van der Waals surface area (Å²) >= 11 is 1.50. The zero-order valence-electron chi connectivity index (χ0n) is 23.1.